The van der Waals surface area contributed by atoms with Gasteiger partial charge >= 0.3 is 0 Å². The Labute approximate surface area is 73.8 Å². The van der Waals surface area contributed by atoms with E-state index < -0.39 is 5.91 Å². The molecule has 0 aliphatic rings. The maximum atomic E-state index is 10.5. The third-order valence-electron chi connectivity index (χ3n) is 1.31. The molecular weight excluding hydrogens is 172 g/mol. The largest absolute Gasteiger partial charge is 0.368 e. The first-order valence-corrected chi connectivity index (χ1v) is 3.54. The number of carbonyl (C=O) groups is 1. The molecule has 0 saturated carbocycles. The number of aromatic nitrogens is 2. The van der Waals surface area contributed by atoms with Gasteiger partial charge < -0.3 is 5.73 Å². The van der Waals surface area contributed by atoms with Crippen molar-refractivity contribution in [3.63, 3.8) is 0 Å². The average molecular weight is 180 g/mol. The van der Waals surface area contributed by atoms with E-state index in [0.717, 1.165) is 0 Å². The first-order chi connectivity index (χ1) is 6.22. The predicted octanol–water partition coefficient (Wildman–Crippen LogP) is 0.179. The van der Waals surface area contributed by atoms with Gasteiger partial charge in [0.1, 0.15) is 6.54 Å². The predicted molar refractivity (Wildman–Crippen MR) is 44.3 cm³/mol. The quantitative estimate of drug-likeness (QED) is 0.405. The summed E-state index contributed by atoms with van der Waals surface area (Å²) in [7, 11) is 0. The molecule has 7 nitrogen and oxygen atoms in total. The molecule has 1 aromatic rings. The second kappa shape index (κ2) is 4.13. The summed E-state index contributed by atoms with van der Waals surface area (Å²) in [5, 5.41) is 7.26. The Morgan fingerprint density at radius 3 is 3.23 bits per heavy atom. The molecule has 0 saturated heterocycles. The van der Waals surface area contributed by atoms with Crippen molar-refractivity contribution in [1.82, 2.24) is 9.78 Å². The molecule has 0 fully saturated rings. The van der Waals surface area contributed by atoms with E-state index in [1.165, 1.54) is 4.68 Å². The lowest BCUT2D eigenvalue weighted by atomic mass is 10.4. The van der Waals surface area contributed by atoms with Crippen molar-refractivity contribution >= 4 is 5.91 Å². The third-order valence-corrected chi connectivity index (χ3v) is 1.31. The molecule has 0 aliphatic heterocycles. The summed E-state index contributed by atoms with van der Waals surface area (Å²) in [6.45, 7) is 0.221. The van der Waals surface area contributed by atoms with E-state index in [2.05, 4.69) is 15.1 Å². The zero-order valence-corrected chi connectivity index (χ0v) is 6.79. The lowest BCUT2D eigenvalue weighted by Crippen LogP contribution is -2.18. The third kappa shape index (κ3) is 2.84. The van der Waals surface area contributed by atoms with Crippen molar-refractivity contribution in [3.8, 4) is 0 Å². The fourth-order valence-corrected chi connectivity index (χ4v) is 0.840. The number of hydrogen-bond donors (Lipinski definition) is 1. The Bertz CT molecular complexity index is 331. The van der Waals surface area contributed by atoms with Crippen molar-refractivity contribution < 1.29 is 4.79 Å². The highest BCUT2D eigenvalue weighted by Crippen LogP contribution is 1.97. The Hall–Kier alpha value is -2.01. The minimum Gasteiger partial charge on any atom is -0.368 e. The summed E-state index contributed by atoms with van der Waals surface area (Å²) in [4.78, 5) is 13.1. The molecule has 1 aromatic heterocycles. The van der Waals surface area contributed by atoms with Gasteiger partial charge in [-0.25, -0.2) is 0 Å². The Morgan fingerprint density at radius 1 is 1.85 bits per heavy atom. The van der Waals surface area contributed by atoms with Crippen molar-refractivity contribution in [2.45, 2.75) is 13.1 Å². The van der Waals surface area contributed by atoms with Crippen LogP contribution in [0.1, 0.15) is 5.69 Å². The van der Waals surface area contributed by atoms with Crippen LogP contribution in [0.15, 0.2) is 17.4 Å². The molecule has 2 N–H and O–H groups in total. The van der Waals surface area contributed by atoms with Crippen LogP contribution in [0.25, 0.3) is 10.4 Å². The highest BCUT2D eigenvalue weighted by Gasteiger charge is 1.99. The smallest absolute Gasteiger partial charge is 0.239 e. The van der Waals surface area contributed by atoms with E-state index in [4.69, 9.17) is 11.3 Å². The van der Waals surface area contributed by atoms with Crippen LogP contribution in [0.2, 0.25) is 0 Å². The summed E-state index contributed by atoms with van der Waals surface area (Å²) in [6, 6.07) is 1.66. The van der Waals surface area contributed by atoms with Gasteiger partial charge in [0.15, 0.2) is 0 Å². The van der Waals surface area contributed by atoms with Gasteiger partial charge in [0.05, 0.1) is 12.2 Å². The minimum absolute atomic E-state index is 0.0380. The molecule has 68 valence electrons. The van der Waals surface area contributed by atoms with Crippen molar-refractivity contribution in [1.29, 1.82) is 0 Å². The fraction of sp³-hybridized carbons (Fsp3) is 0.333. The highest BCUT2D eigenvalue weighted by molar-refractivity contribution is 5.73. The van der Waals surface area contributed by atoms with Gasteiger partial charge in [-0.2, -0.15) is 5.10 Å². The highest BCUT2D eigenvalue weighted by atomic mass is 16.1. The topological polar surface area (TPSA) is 110 Å². The van der Waals surface area contributed by atoms with Gasteiger partial charge in [-0.3, -0.25) is 9.48 Å². The molecule has 0 aromatic carbocycles. The number of rotatable bonds is 4. The maximum absolute atomic E-state index is 10.5. The first kappa shape index (κ1) is 9.08. The van der Waals surface area contributed by atoms with Crippen LogP contribution >= 0.6 is 0 Å². The van der Waals surface area contributed by atoms with Crippen LogP contribution in [0.3, 0.4) is 0 Å². The van der Waals surface area contributed by atoms with E-state index in [9.17, 15) is 4.79 Å². The zero-order chi connectivity index (χ0) is 9.68. The number of hydrogen-bond acceptors (Lipinski definition) is 3. The Balaban J connectivity index is 2.63. The molecule has 0 bridgehead atoms. The average Bonchev–Trinajstić information content (AvgIpc) is 2.48. The number of primary amides is 1. The molecule has 13 heavy (non-hydrogen) atoms. The Kier molecular flexibility index (Phi) is 2.88. The lowest BCUT2D eigenvalue weighted by molar-refractivity contribution is -0.118. The van der Waals surface area contributed by atoms with Crippen molar-refractivity contribution in [2.75, 3.05) is 0 Å². The van der Waals surface area contributed by atoms with E-state index in [0.29, 0.717) is 5.69 Å². The van der Waals surface area contributed by atoms with Crippen LogP contribution in [0.5, 0.6) is 0 Å². The number of nitrogens with two attached hydrogens (primary N) is 1. The fourth-order valence-electron chi connectivity index (χ4n) is 0.840. The summed E-state index contributed by atoms with van der Waals surface area (Å²) >= 11 is 0. The molecule has 0 aliphatic carbocycles. The van der Waals surface area contributed by atoms with Gasteiger partial charge in [0.2, 0.25) is 5.91 Å². The van der Waals surface area contributed by atoms with Crippen LogP contribution in [0.4, 0.5) is 0 Å². The normalized spacial score (nSPS) is 9.23. The van der Waals surface area contributed by atoms with Gasteiger partial charge in [0.25, 0.3) is 0 Å². The standard InChI is InChI=1S/C6H8N6O/c7-6(13)4-12-2-1-5(10-12)3-9-11-8/h1-2H,3-4H2,(H2,7,13). The van der Waals surface area contributed by atoms with Gasteiger partial charge in [-0.05, 0) is 11.6 Å². The zero-order valence-electron chi connectivity index (χ0n) is 6.79. The molecule has 1 amide bonds. The number of amides is 1. The summed E-state index contributed by atoms with van der Waals surface area (Å²) < 4.78 is 1.39. The van der Waals surface area contributed by atoms with E-state index in [-0.39, 0.29) is 13.1 Å². The molecule has 1 rings (SSSR count). The van der Waals surface area contributed by atoms with Gasteiger partial charge in [-0.15, -0.1) is 0 Å². The van der Waals surface area contributed by atoms with E-state index in [1.807, 2.05) is 0 Å². The number of azide groups is 1. The van der Waals surface area contributed by atoms with E-state index >= 15 is 0 Å². The molecule has 0 radical (unpaired) electrons. The van der Waals surface area contributed by atoms with Crippen LogP contribution in [-0.2, 0) is 17.9 Å². The van der Waals surface area contributed by atoms with Crippen LogP contribution in [-0.4, -0.2) is 15.7 Å². The van der Waals surface area contributed by atoms with E-state index in [1.54, 1.807) is 12.3 Å². The van der Waals surface area contributed by atoms with Gasteiger partial charge in [-0.1, -0.05) is 5.11 Å². The maximum Gasteiger partial charge on any atom is 0.239 e. The second-order valence-electron chi connectivity index (χ2n) is 2.36. The molecular formula is C6H8N6O. The monoisotopic (exact) mass is 180 g/mol. The van der Waals surface area contributed by atoms with Crippen molar-refractivity contribution in [2.24, 2.45) is 10.8 Å². The Morgan fingerprint density at radius 2 is 2.62 bits per heavy atom. The minimum atomic E-state index is -0.460. The number of nitrogens with zero attached hydrogens (tertiary/aromatic N) is 5. The number of carbonyl (C=O) groups excluding carboxylic acids is 1. The molecule has 0 atom stereocenters. The lowest BCUT2D eigenvalue weighted by Gasteiger charge is -1.94. The second-order valence-corrected chi connectivity index (χ2v) is 2.36. The summed E-state index contributed by atoms with van der Waals surface area (Å²) in [5.74, 6) is -0.460. The SMILES string of the molecule is [N-]=[N+]=NCc1ccn(CC(N)=O)n1. The van der Waals surface area contributed by atoms with Crippen LogP contribution < -0.4 is 5.73 Å². The first-order valence-electron chi connectivity index (χ1n) is 3.54. The molecule has 1 heterocycles. The molecule has 0 spiro atoms. The molecule has 0 unspecified atom stereocenters. The van der Waals surface area contributed by atoms with Gasteiger partial charge in [0, 0.05) is 11.1 Å². The van der Waals surface area contributed by atoms with Crippen LogP contribution in [0, 0.1) is 0 Å². The summed E-state index contributed by atoms with van der Waals surface area (Å²) in [5.41, 5.74) is 13.6. The molecule has 7 heteroatoms. The van der Waals surface area contributed by atoms with Crippen molar-refractivity contribution in [3.05, 3.63) is 28.4 Å². The summed E-state index contributed by atoms with van der Waals surface area (Å²) in [6.07, 6.45) is 1.60.